The maximum absolute atomic E-state index is 12.5. The van der Waals surface area contributed by atoms with Gasteiger partial charge in [-0.25, -0.2) is 8.42 Å². The summed E-state index contributed by atoms with van der Waals surface area (Å²) in [5.41, 5.74) is 1.17. The number of sulfone groups is 1. The first-order valence-corrected chi connectivity index (χ1v) is 9.11. The van der Waals surface area contributed by atoms with Crippen molar-refractivity contribution in [1.82, 2.24) is 0 Å². The van der Waals surface area contributed by atoms with Crippen molar-refractivity contribution in [3.63, 3.8) is 0 Å². The van der Waals surface area contributed by atoms with Gasteiger partial charge in [-0.1, -0.05) is 23.6 Å². The lowest BCUT2D eigenvalue weighted by molar-refractivity contribution is -0.116. The highest BCUT2D eigenvalue weighted by Gasteiger charge is 2.25. The molecule has 0 aliphatic heterocycles. The van der Waals surface area contributed by atoms with Crippen molar-refractivity contribution in [3.8, 4) is 12.3 Å². The van der Waals surface area contributed by atoms with E-state index in [0.717, 1.165) is 0 Å². The van der Waals surface area contributed by atoms with Crippen LogP contribution >= 0.6 is 11.6 Å². The Kier molecular flexibility index (Phi) is 5.66. The van der Waals surface area contributed by atoms with Gasteiger partial charge in [-0.3, -0.25) is 4.79 Å². The number of nitrogens with one attached hydrogen (secondary N) is 1. The third-order valence-corrected chi connectivity index (χ3v) is 5.87. The summed E-state index contributed by atoms with van der Waals surface area (Å²) in [7, 11) is -3.61. The minimum absolute atomic E-state index is 0.140. The summed E-state index contributed by atoms with van der Waals surface area (Å²) in [6.07, 6.45) is 5.15. The van der Waals surface area contributed by atoms with E-state index >= 15 is 0 Å². The Bertz CT molecular complexity index is 883. The molecule has 1 unspecified atom stereocenters. The number of hydrogen-bond acceptors (Lipinski definition) is 3. The molecule has 0 saturated carbocycles. The number of rotatable bonds is 5. The monoisotopic (exact) mass is 361 g/mol. The Balaban J connectivity index is 2.07. The average Bonchev–Trinajstić information content (AvgIpc) is 2.55. The van der Waals surface area contributed by atoms with Crippen molar-refractivity contribution >= 4 is 33.0 Å². The second-order valence-electron chi connectivity index (χ2n) is 5.29. The second-order valence-corrected chi connectivity index (χ2v) is 8.09. The zero-order valence-corrected chi connectivity index (χ0v) is 14.6. The van der Waals surface area contributed by atoms with Crippen molar-refractivity contribution in [2.24, 2.45) is 0 Å². The summed E-state index contributed by atoms with van der Waals surface area (Å²) in [6, 6.07) is 12.7. The molecule has 0 spiro atoms. The van der Waals surface area contributed by atoms with Gasteiger partial charge in [0.1, 0.15) is 0 Å². The molecular formula is C18H16ClNO3S. The predicted molar refractivity (Wildman–Crippen MR) is 95.7 cm³/mol. The SMILES string of the molecule is C#Cc1cccc(NC(=O)CC(C)S(=O)(=O)c2ccc(Cl)cc2)c1. The molecule has 2 rings (SSSR count). The van der Waals surface area contributed by atoms with E-state index in [-0.39, 0.29) is 11.3 Å². The highest BCUT2D eigenvalue weighted by atomic mass is 35.5. The third-order valence-electron chi connectivity index (χ3n) is 3.46. The molecule has 0 bridgehead atoms. The van der Waals surface area contributed by atoms with Gasteiger partial charge in [0.05, 0.1) is 10.1 Å². The Hall–Kier alpha value is -2.29. The van der Waals surface area contributed by atoms with Gasteiger partial charge in [0.15, 0.2) is 9.84 Å². The van der Waals surface area contributed by atoms with Crippen LogP contribution in [0.5, 0.6) is 0 Å². The maximum Gasteiger partial charge on any atom is 0.225 e. The molecule has 1 amide bonds. The van der Waals surface area contributed by atoms with Crippen LogP contribution < -0.4 is 5.32 Å². The number of anilines is 1. The molecule has 1 atom stereocenters. The van der Waals surface area contributed by atoms with E-state index in [4.69, 9.17) is 18.0 Å². The van der Waals surface area contributed by atoms with Gasteiger partial charge >= 0.3 is 0 Å². The molecule has 0 radical (unpaired) electrons. The van der Waals surface area contributed by atoms with Gasteiger partial charge in [-0.2, -0.15) is 0 Å². The first-order chi connectivity index (χ1) is 11.3. The van der Waals surface area contributed by atoms with Crippen molar-refractivity contribution in [2.45, 2.75) is 23.5 Å². The van der Waals surface area contributed by atoms with E-state index in [1.807, 2.05) is 0 Å². The minimum atomic E-state index is -3.61. The molecule has 24 heavy (non-hydrogen) atoms. The van der Waals surface area contributed by atoms with E-state index in [1.54, 1.807) is 24.3 Å². The van der Waals surface area contributed by atoms with Crippen LogP contribution in [0.1, 0.15) is 18.9 Å². The van der Waals surface area contributed by atoms with Crippen LogP contribution in [0.15, 0.2) is 53.4 Å². The number of carbonyl (C=O) groups is 1. The van der Waals surface area contributed by atoms with Gasteiger partial charge < -0.3 is 5.32 Å². The molecule has 6 heteroatoms. The Morgan fingerprint density at radius 3 is 2.54 bits per heavy atom. The maximum atomic E-state index is 12.5. The van der Waals surface area contributed by atoms with E-state index in [1.165, 1.54) is 31.2 Å². The Morgan fingerprint density at radius 1 is 1.25 bits per heavy atom. The molecule has 2 aromatic rings. The largest absolute Gasteiger partial charge is 0.326 e. The second kappa shape index (κ2) is 7.52. The Morgan fingerprint density at radius 2 is 1.92 bits per heavy atom. The summed E-state index contributed by atoms with van der Waals surface area (Å²) < 4.78 is 25.0. The normalized spacial score (nSPS) is 12.2. The summed E-state index contributed by atoms with van der Waals surface area (Å²) in [5.74, 6) is 2.08. The smallest absolute Gasteiger partial charge is 0.225 e. The van der Waals surface area contributed by atoms with Crippen LogP contribution in [0.3, 0.4) is 0 Å². The number of benzene rings is 2. The summed E-state index contributed by atoms with van der Waals surface area (Å²) >= 11 is 5.77. The van der Waals surface area contributed by atoms with Gasteiger partial charge in [0.2, 0.25) is 5.91 Å². The van der Waals surface area contributed by atoms with Gasteiger partial charge in [0.25, 0.3) is 0 Å². The van der Waals surface area contributed by atoms with Gasteiger partial charge in [0, 0.05) is 22.7 Å². The molecule has 124 valence electrons. The van der Waals surface area contributed by atoms with E-state index in [2.05, 4.69) is 11.2 Å². The number of hydrogen-bond donors (Lipinski definition) is 1. The lowest BCUT2D eigenvalue weighted by atomic mass is 10.2. The number of terminal acetylenes is 1. The molecule has 0 heterocycles. The fraction of sp³-hybridized carbons (Fsp3) is 0.167. The third kappa shape index (κ3) is 4.38. The van der Waals surface area contributed by atoms with E-state index < -0.39 is 21.0 Å². The molecule has 4 nitrogen and oxygen atoms in total. The summed E-state index contributed by atoms with van der Waals surface area (Å²) in [5, 5.41) is 2.25. The van der Waals surface area contributed by atoms with Crippen molar-refractivity contribution in [2.75, 3.05) is 5.32 Å². The van der Waals surface area contributed by atoms with E-state index in [9.17, 15) is 13.2 Å². The van der Waals surface area contributed by atoms with Gasteiger partial charge in [-0.15, -0.1) is 6.42 Å². The predicted octanol–water partition coefficient (Wildman–Crippen LogP) is 3.51. The number of carbonyl (C=O) groups excluding carboxylic acids is 1. The van der Waals surface area contributed by atoms with Crippen molar-refractivity contribution < 1.29 is 13.2 Å². The first-order valence-electron chi connectivity index (χ1n) is 7.19. The highest BCUT2D eigenvalue weighted by molar-refractivity contribution is 7.92. The molecule has 1 N–H and O–H groups in total. The molecule has 2 aromatic carbocycles. The number of halogens is 1. The average molecular weight is 362 g/mol. The lowest BCUT2D eigenvalue weighted by Crippen LogP contribution is -2.25. The molecule has 0 saturated heterocycles. The fourth-order valence-corrected chi connectivity index (χ4v) is 3.60. The molecule has 0 fully saturated rings. The molecule has 0 aliphatic carbocycles. The quantitative estimate of drug-likeness (QED) is 0.829. The molecule has 0 aliphatic rings. The zero-order chi connectivity index (χ0) is 17.7. The highest BCUT2D eigenvalue weighted by Crippen LogP contribution is 2.21. The van der Waals surface area contributed by atoms with Gasteiger partial charge in [-0.05, 0) is 49.4 Å². The Labute approximate surface area is 146 Å². The van der Waals surface area contributed by atoms with Crippen LogP contribution in [0.4, 0.5) is 5.69 Å². The van der Waals surface area contributed by atoms with Crippen LogP contribution in [0.25, 0.3) is 0 Å². The van der Waals surface area contributed by atoms with Crippen LogP contribution in [0.2, 0.25) is 5.02 Å². The summed E-state index contributed by atoms with van der Waals surface area (Å²) in [6.45, 7) is 1.50. The summed E-state index contributed by atoms with van der Waals surface area (Å²) in [4.78, 5) is 12.2. The fourth-order valence-electron chi connectivity index (χ4n) is 2.13. The molecular weight excluding hydrogens is 346 g/mol. The minimum Gasteiger partial charge on any atom is -0.326 e. The van der Waals surface area contributed by atoms with Crippen LogP contribution in [0, 0.1) is 12.3 Å². The zero-order valence-electron chi connectivity index (χ0n) is 13.0. The standard InChI is InChI=1S/C18H16ClNO3S/c1-3-14-5-4-6-16(12-14)20-18(21)11-13(2)24(22,23)17-9-7-15(19)8-10-17/h1,4-10,12-13H,11H2,2H3,(H,20,21). The first kappa shape index (κ1) is 18.1. The van der Waals surface area contributed by atoms with Crippen molar-refractivity contribution in [3.05, 3.63) is 59.1 Å². The van der Waals surface area contributed by atoms with Crippen LogP contribution in [-0.4, -0.2) is 19.6 Å². The number of amides is 1. The lowest BCUT2D eigenvalue weighted by Gasteiger charge is -2.13. The van der Waals surface area contributed by atoms with Crippen LogP contribution in [-0.2, 0) is 14.6 Å². The van der Waals surface area contributed by atoms with Crippen molar-refractivity contribution in [1.29, 1.82) is 0 Å². The molecule has 0 aromatic heterocycles. The topological polar surface area (TPSA) is 63.2 Å². The van der Waals surface area contributed by atoms with E-state index in [0.29, 0.717) is 16.3 Å².